The molecule has 0 radical (unpaired) electrons. The first-order chi connectivity index (χ1) is 11.5. The topological polar surface area (TPSA) is 34.0 Å². The molecular formula is C18H17F3N2O. The van der Waals surface area contributed by atoms with Crippen LogP contribution in [0.1, 0.15) is 23.6 Å². The van der Waals surface area contributed by atoms with E-state index in [-0.39, 0.29) is 5.75 Å². The lowest BCUT2D eigenvalue weighted by Gasteiger charge is -2.08. The minimum atomic E-state index is -4.34. The average Bonchev–Trinajstić information content (AvgIpc) is 2.58. The van der Waals surface area contributed by atoms with Gasteiger partial charge in [-0.1, -0.05) is 31.2 Å². The molecule has 0 saturated heterocycles. The highest BCUT2D eigenvalue weighted by atomic mass is 19.4. The second-order valence-electron chi connectivity index (χ2n) is 5.06. The Kier molecular flexibility index (Phi) is 6.12. The second kappa shape index (κ2) is 8.29. The SMILES string of the molecule is CCc1ccc(C=NN=Cc2ccc(OCC(F)(F)F)cc2)cc1. The predicted molar refractivity (Wildman–Crippen MR) is 89.0 cm³/mol. The van der Waals surface area contributed by atoms with Crippen LogP contribution in [0.5, 0.6) is 5.75 Å². The van der Waals surface area contributed by atoms with E-state index in [0.29, 0.717) is 5.56 Å². The van der Waals surface area contributed by atoms with E-state index in [2.05, 4.69) is 21.9 Å². The van der Waals surface area contributed by atoms with E-state index in [1.165, 1.54) is 23.9 Å². The molecular weight excluding hydrogens is 317 g/mol. The smallest absolute Gasteiger partial charge is 0.422 e. The molecule has 0 aliphatic carbocycles. The Morgan fingerprint density at radius 3 is 1.83 bits per heavy atom. The number of ether oxygens (including phenoxy) is 1. The monoisotopic (exact) mass is 334 g/mol. The Balaban J connectivity index is 1.88. The summed E-state index contributed by atoms with van der Waals surface area (Å²) in [6, 6.07) is 14.1. The molecule has 0 N–H and O–H groups in total. The van der Waals surface area contributed by atoms with Crippen molar-refractivity contribution < 1.29 is 17.9 Å². The van der Waals surface area contributed by atoms with Gasteiger partial charge in [-0.25, -0.2) is 0 Å². The summed E-state index contributed by atoms with van der Waals surface area (Å²) in [4.78, 5) is 0. The van der Waals surface area contributed by atoms with Crippen LogP contribution in [0.2, 0.25) is 0 Å². The fourth-order valence-corrected chi connectivity index (χ4v) is 1.85. The van der Waals surface area contributed by atoms with Crippen molar-refractivity contribution in [1.82, 2.24) is 0 Å². The largest absolute Gasteiger partial charge is 0.484 e. The number of nitrogens with zero attached hydrogens (tertiary/aromatic N) is 2. The van der Waals surface area contributed by atoms with E-state index in [4.69, 9.17) is 0 Å². The van der Waals surface area contributed by atoms with Crippen LogP contribution in [0.4, 0.5) is 13.2 Å². The highest BCUT2D eigenvalue weighted by molar-refractivity contribution is 5.82. The number of hydrogen-bond acceptors (Lipinski definition) is 3. The van der Waals surface area contributed by atoms with Crippen LogP contribution in [-0.2, 0) is 6.42 Å². The fourth-order valence-electron chi connectivity index (χ4n) is 1.85. The van der Waals surface area contributed by atoms with Crippen LogP contribution in [-0.4, -0.2) is 25.2 Å². The van der Waals surface area contributed by atoms with Gasteiger partial charge in [0.05, 0.1) is 12.4 Å². The van der Waals surface area contributed by atoms with Gasteiger partial charge in [-0.2, -0.15) is 23.4 Å². The van der Waals surface area contributed by atoms with Crippen LogP contribution >= 0.6 is 0 Å². The first kappa shape index (κ1) is 17.7. The Bertz CT molecular complexity index is 690. The summed E-state index contributed by atoms with van der Waals surface area (Å²) in [6.45, 7) is 0.786. The predicted octanol–water partition coefficient (Wildman–Crippen LogP) is 4.64. The number of rotatable bonds is 6. The number of hydrogen-bond donors (Lipinski definition) is 0. The number of alkyl halides is 3. The van der Waals surface area contributed by atoms with E-state index in [9.17, 15) is 13.2 Å². The van der Waals surface area contributed by atoms with Crippen LogP contribution in [0.3, 0.4) is 0 Å². The van der Waals surface area contributed by atoms with E-state index in [0.717, 1.165) is 12.0 Å². The third kappa shape index (κ3) is 6.24. The van der Waals surface area contributed by atoms with E-state index >= 15 is 0 Å². The standard InChI is InChI=1S/C18H17F3N2O/c1-2-14-3-5-15(6-4-14)11-22-23-12-16-7-9-17(10-8-16)24-13-18(19,20)21/h3-12H,2,13H2,1H3. The molecule has 0 fully saturated rings. The molecule has 0 heterocycles. The van der Waals surface area contributed by atoms with Crippen LogP contribution < -0.4 is 4.74 Å². The quantitative estimate of drug-likeness (QED) is 0.559. The van der Waals surface area contributed by atoms with Gasteiger partial charge in [-0.05, 0) is 47.4 Å². The molecule has 3 nitrogen and oxygen atoms in total. The summed E-state index contributed by atoms with van der Waals surface area (Å²) in [5, 5.41) is 7.87. The van der Waals surface area contributed by atoms with Crippen molar-refractivity contribution in [2.75, 3.05) is 6.61 Å². The van der Waals surface area contributed by atoms with Gasteiger partial charge in [0.1, 0.15) is 5.75 Å². The van der Waals surface area contributed by atoms with Crippen molar-refractivity contribution in [3.8, 4) is 5.75 Å². The van der Waals surface area contributed by atoms with Gasteiger partial charge in [0.15, 0.2) is 6.61 Å². The first-order valence-electron chi connectivity index (χ1n) is 7.41. The third-order valence-electron chi connectivity index (χ3n) is 3.15. The lowest BCUT2D eigenvalue weighted by Crippen LogP contribution is -2.19. The molecule has 2 aromatic rings. The van der Waals surface area contributed by atoms with Gasteiger partial charge in [0.2, 0.25) is 0 Å². The zero-order chi connectivity index (χ0) is 17.4. The minimum Gasteiger partial charge on any atom is -0.484 e. The summed E-state index contributed by atoms with van der Waals surface area (Å²) in [6.07, 6.45) is -0.205. The molecule has 0 aromatic heterocycles. The van der Waals surface area contributed by atoms with E-state index in [1.807, 2.05) is 24.3 Å². The maximum atomic E-state index is 12.0. The molecule has 0 atom stereocenters. The van der Waals surface area contributed by atoms with Crippen LogP contribution in [0, 0.1) is 0 Å². The molecule has 24 heavy (non-hydrogen) atoms. The maximum Gasteiger partial charge on any atom is 0.422 e. The van der Waals surface area contributed by atoms with Gasteiger partial charge < -0.3 is 4.74 Å². The number of aryl methyl sites for hydroxylation is 1. The zero-order valence-electron chi connectivity index (χ0n) is 13.1. The third-order valence-corrected chi connectivity index (χ3v) is 3.15. The molecule has 6 heteroatoms. The Labute approximate surface area is 138 Å². The van der Waals surface area contributed by atoms with Crippen LogP contribution in [0.15, 0.2) is 58.7 Å². The first-order valence-corrected chi connectivity index (χ1v) is 7.41. The van der Waals surface area contributed by atoms with Crippen molar-refractivity contribution in [1.29, 1.82) is 0 Å². The van der Waals surface area contributed by atoms with Gasteiger partial charge >= 0.3 is 6.18 Å². The summed E-state index contributed by atoms with van der Waals surface area (Å²) in [7, 11) is 0. The highest BCUT2D eigenvalue weighted by Crippen LogP contribution is 2.18. The van der Waals surface area contributed by atoms with Crippen molar-refractivity contribution in [2.45, 2.75) is 19.5 Å². The number of benzene rings is 2. The molecule has 2 aromatic carbocycles. The lowest BCUT2D eigenvalue weighted by atomic mass is 10.1. The minimum absolute atomic E-state index is 0.156. The molecule has 0 spiro atoms. The molecule has 0 aliphatic heterocycles. The second-order valence-corrected chi connectivity index (χ2v) is 5.06. The summed E-state index contributed by atoms with van der Waals surface area (Å²) >= 11 is 0. The fraction of sp³-hybridized carbons (Fsp3) is 0.222. The van der Waals surface area contributed by atoms with Crippen molar-refractivity contribution >= 4 is 12.4 Å². The lowest BCUT2D eigenvalue weighted by molar-refractivity contribution is -0.153. The summed E-state index contributed by atoms with van der Waals surface area (Å²) in [5.74, 6) is 0.156. The van der Waals surface area contributed by atoms with E-state index in [1.54, 1.807) is 18.3 Å². The van der Waals surface area contributed by atoms with Crippen molar-refractivity contribution in [2.24, 2.45) is 10.2 Å². The van der Waals surface area contributed by atoms with E-state index < -0.39 is 12.8 Å². The zero-order valence-corrected chi connectivity index (χ0v) is 13.1. The van der Waals surface area contributed by atoms with Gasteiger partial charge in [-0.15, -0.1) is 0 Å². The van der Waals surface area contributed by atoms with Gasteiger partial charge in [-0.3, -0.25) is 0 Å². The van der Waals surface area contributed by atoms with Crippen molar-refractivity contribution in [3.05, 3.63) is 65.2 Å². The molecule has 0 saturated carbocycles. The number of halogens is 3. The van der Waals surface area contributed by atoms with Gasteiger partial charge in [0, 0.05) is 0 Å². The molecule has 2 rings (SSSR count). The Morgan fingerprint density at radius 1 is 0.875 bits per heavy atom. The van der Waals surface area contributed by atoms with Gasteiger partial charge in [0.25, 0.3) is 0 Å². The highest BCUT2D eigenvalue weighted by Gasteiger charge is 2.28. The van der Waals surface area contributed by atoms with Crippen molar-refractivity contribution in [3.63, 3.8) is 0 Å². The molecule has 126 valence electrons. The summed E-state index contributed by atoms with van der Waals surface area (Å²) in [5.41, 5.74) is 2.91. The molecule has 0 aliphatic rings. The van der Waals surface area contributed by atoms with Crippen LogP contribution in [0.25, 0.3) is 0 Å². The maximum absolute atomic E-state index is 12.0. The molecule has 0 unspecified atom stereocenters. The molecule has 0 amide bonds. The Hall–Kier alpha value is -2.63. The Morgan fingerprint density at radius 2 is 1.38 bits per heavy atom. The average molecular weight is 334 g/mol. The summed E-state index contributed by atoms with van der Waals surface area (Å²) < 4.78 is 40.8. The normalized spacial score (nSPS) is 12.2. The molecule has 0 bridgehead atoms.